The number of hydrogen-bond acceptors (Lipinski definition) is 1. The summed E-state index contributed by atoms with van der Waals surface area (Å²) < 4.78 is 0. The van der Waals surface area contributed by atoms with Crippen LogP contribution in [0.5, 0.6) is 0 Å². The lowest BCUT2D eigenvalue weighted by Crippen LogP contribution is -2.27. The second kappa shape index (κ2) is 4.87. The van der Waals surface area contributed by atoms with Crippen LogP contribution in [0.2, 0.25) is 0 Å². The van der Waals surface area contributed by atoms with Crippen LogP contribution in [0, 0.1) is 0 Å². The van der Waals surface area contributed by atoms with Crippen molar-refractivity contribution in [3.63, 3.8) is 0 Å². The lowest BCUT2D eigenvalue weighted by Gasteiger charge is -2.14. The summed E-state index contributed by atoms with van der Waals surface area (Å²) >= 11 is 5.73. The number of benzene rings is 1. The normalized spacial score (nSPS) is 12.2. The number of carbonyl (C=O) groups excluding carboxylic acids is 1. The minimum absolute atomic E-state index is 0.0606. The molecule has 0 unspecified atom stereocenters. The number of amides is 1. The maximum atomic E-state index is 10.8. The van der Waals surface area contributed by atoms with Gasteiger partial charge in [-0.25, -0.2) is 0 Å². The van der Waals surface area contributed by atoms with E-state index < -0.39 is 0 Å². The molecule has 1 amide bonds. The van der Waals surface area contributed by atoms with E-state index in [2.05, 4.69) is 5.32 Å². The highest BCUT2D eigenvalue weighted by atomic mass is 35.5. The zero-order valence-electron chi connectivity index (χ0n) is 7.46. The maximum absolute atomic E-state index is 10.8. The molecule has 0 radical (unpaired) electrons. The molecule has 1 N–H and O–H groups in total. The van der Waals surface area contributed by atoms with Crippen molar-refractivity contribution in [1.82, 2.24) is 5.32 Å². The van der Waals surface area contributed by atoms with E-state index in [9.17, 15) is 4.79 Å². The van der Waals surface area contributed by atoms with E-state index in [0.717, 1.165) is 5.56 Å². The van der Waals surface area contributed by atoms with Gasteiger partial charge in [0.15, 0.2) is 0 Å². The highest BCUT2D eigenvalue weighted by molar-refractivity contribution is 6.18. The average molecular weight is 198 g/mol. The predicted molar refractivity (Wildman–Crippen MR) is 53.7 cm³/mol. The molecule has 0 bridgehead atoms. The van der Waals surface area contributed by atoms with Gasteiger partial charge in [0.05, 0.1) is 6.04 Å². The Kier molecular flexibility index (Phi) is 3.77. The van der Waals surface area contributed by atoms with Gasteiger partial charge in [0.1, 0.15) is 0 Å². The number of alkyl halides is 1. The molecule has 2 nitrogen and oxygen atoms in total. The molecule has 1 rings (SSSR count). The second-order valence-electron chi connectivity index (χ2n) is 2.82. The number of carbonyl (C=O) groups is 1. The molecule has 0 saturated heterocycles. The fourth-order valence-corrected chi connectivity index (χ4v) is 1.40. The smallest absolute Gasteiger partial charge is 0.217 e. The van der Waals surface area contributed by atoms with Gasteiger partial charge in [-0.1, -0.05) is 30.3 Å². The standard InChI is InChI=1S/C10H12ClNO/c1-8(13)12-10(7-11)9-5-3-2-4-6-9/h2-6,10H,7H2,1H3,(H,12,13)/t10-/m1/s1. The van der Waals surface area contributed by atoms with Crippen molar-refractivity contribution < 1.29 is 4.79 Å². The molecule has 0 aliphatic rings. The van der Waals surface area contributed by atoms with Gasteiger partial charge >= 0.3 is 0 Å². The molecule has 1 aromatic rings. The third-order valence-corrected chi connectivity index (χ3v) is 2.04. The fraction of sp³-hybridized carbons (Fsp3) is 0.300. The highest BCUT2D eigenvalue weighted by Gasteiger charge is 2.09. The lowest BCUT2D eigenvalue weighted by atomic mass is 10.1. The van der Waals surface area contributed by atoms with Crippen LogP contribution in [0.4, 0.5) is 0 Å². The Morgan fingerprint density at radius 3 is 2.54 bits per heavy atom. The van der Waals surface area contributed by atoms with Crippen LogP contribution >= 0.6 is 11.6 Å². The molecule has 0 spiro atoms. The van der Waals surface area contributed by atoms with Gasteiger partial charge in [0.2, 0.25) is 5.91 Å². The molecule has 0 heterocycles. The van der Waals surface area contributed by atoms with Gasteiger partial charge in [-0.3, -0.25) is 4.79 Å². The minimum atomic E-state index is -0.0830. The van der Waals surface area contributed by atoms with Crippen molar-refractivity contribution in [2.45, 2.75) is 13.0 Å². The molecule has 0 aliphatic heterocycles. The van der Waals surface area contributed by atoms with Crippen LogP contribution in [-0.2, 0) is 4.79 Å². The topological polar surface area (TPSA) is 29.1 Å². The summed E-state index contributed by atoms with van der Waals surface area (Å²) in [4.78, 5) is 10.8. The Morgan fingerprint density at radius 1 is 1.46 bits per heavy atom. The largest absolute Gasteiger partial charge is 0.348 e. The zero-order chi connectivity index (χ0) is 9.68. The Balaban J connectivity index is 2.73. The van der Waals surface area contributed by atoms with Gasteiger partial charge in [0, 0.05) is 12.8 Å². The van der Waals surface area contributed by atoms with Crippen molar-refractivity contribution >= 4 is 17.5 Å². The molecule has 1 aromatic carbocycles. The molecule has 0 saturated carbocycles. The van der Waals surface area contributed by atoms with Crippen LogP contribution in [0.1, 0.15) is 18.5 Å². The molecule has 13 heavy (non-hydrogen) atoms. The summed E-state index contributed by atoms with van der Waals surface area (Å²) in [6.45, 7) is 1.49. The molecule has 0 aromatic heterocycles. The van der Waals surface area contributed by atoms with E-state index in [1.807, 2.05) is 30.3 Å². The molecular weight excluding hydrogens is 186 g/mol. The summed E-state index contributed by atoms with van der Waals surface area (Å²) in [5.74, 6) is 0.332. The van der Waals surface area contributed by atoms with Gasteiger partial charge in [-0.2, -0.15) is 0 Å². The second-order valence-corrected chi connectivity index (χ2v) is 3.13. The molecule has 0 aliphatic carbocycles. The Bertz CT molecular complexity index is 274. The Labute approximate surface area is 82.9 Å². The van der Waals surface area contributed by atoms with Gasteiger partial charge in [0.25, 0.3) is 0 Å². The zero-order valence-corrected chi connectivity index (χ0v) is 8.21. The van der Waals surface area contributed by atoms with E-state index in [4.69, 9.17) is 11.6 Å². The molecular formula is C10H12ClNO. The SMILES string of the molecule is CC(=O)N[C@H](CCl)c1ccccc1. The van der Waals surface area contributed by atoms with Crippen LogP contribution in [0.3, 0.4) is 0 Å². The van der Waals surface area contributed by atoms with Crippen LogP contribution in [0.15, 0.2) is 30.3 Å². The first-order valence-corrected chi connectivity index (χ1v) is 4.65. The summed E-state index contributed by atoms with van der Waals surface area (Å²) in [7, 11) is 0. The maximum Gasteiger partial charge on any atom is 0.217 e. The highest BCUT2D eigenvalue weighted by Crippen LogP contribution is 2.13. The van der Waals surface area contributed by atoms with Crippen molar-refractivity contribution in [1.29, 1.82) is 0 Å². The Morgan fingerprint density at radius 2 is 2.08 bits per heavy atom. The summed E-state index contributed by atoms with van der Waals surface area (Å²) in [6.07, 6.45) is 0. The van der Waals surface area contributed by atoms with Crippen LogP contribution in [0.25, 0.3) is 0 Å². The third-order valence-electron chi connectivity index (χ3n) is 1.73. The van der Waals surface area contributed by atoms with E-state index >= 15 is 0 Å². The summed E-state index contributed by atoms with van der Waals surface area (Å²) in [5, 5.41) is 2.77. The monoisotopic (exact) mass is 197 g/mol. The summed E-state index contributed by atoms with van der Waals surface area (Å²) in [6, 6.07) is 9.60. The molecule has 70 valence electrons. The number of nitrogens with one attached hydrogen (secondary N) is 1. The van der Waals surface area contributed by atoms with Gasteiger partial charge in [-0.05, 0) is 5.56 Å². The van der Waals surface area contributed by atoms with Crippen LogP contribution < -0.4 is 5.32 Å². The van der Waals surface area contributed by atoms with E-state index in [1.54, 1.807) is 0 Å². The van der Waals surface area contributed by atoms with E-state index in [1.165, 1.54) is 6.92 Å². The first-order valence-electron chi connectivity index (χ1n) is 4.12. The van der Waals surface area contributed by atoms with Crippen molar-refractivity contribution in [3.8, 4) is 0 Å². The first-order chi connectivity index (χ1) is 6.24. The third kappa shape index (κ3) is 3.07. The fourth-order valence-electron chi connectivity index (χ4n) is 1.14. The molecule has 0 fully saturated rings. The average Bonchev–Trinajstić information content (AvgIpc) is 2.15. The minimum Gasteiger partial charge on any atom is -0.348 e. The van der Waals surface area contributed by atoms with Gasteiger partial charge in [-0.15, -0.1) is 11.6 Å². The summed E-state index contributed by atoms with van der Waals surface area (Å²) in [5.41, 5.74) is 1.03. The van der Waals surface area contributed by atoms with Crippen molar-refractivity contribution in [2.24, 2.45) is 0 Å². The van der Waals surface area contributed by atoms with E-state index in [0.29, 0.717) is 5.88 Å². The number of hydrogen-bond donors (Lipinski definition) is 1. The first kappa shape index (κ1) is 10.1. The van der Waals surface area contributed by atoms with Crippen molar-refractivity contribution in [3.05, 3.63) is 35.9 Å². The van der Waals surface area contributed by atoms with Crippen LogP contribution in [-0.4, -0.2) is 11.8 Å². The number of halogens is 1. The Hall–Kier alpha value is -1.02. The van der Waals surface area contributed by atoms with Crippen molar-refractivity contribution in [2.75, 3.05) is 5.88 Å². The molecule has 3 heteroatoms. The number of rotatable bonds is 3. The predicted octanol–water partition coefficient (Wildman–Crippen LogP) is 2.10. The van der Waals surface area contributed by atoms with E-state index in [-0.39, 0.29) is 11.9 Å². The van der Waals surface area contributed by atoms with Gasteiger partial charge < -0.3 is 5.32 Å². The lowest BCUT2D eigenvalue weighted by molar-refractivity contribution is -0.119. The molecule has 1 atom stereocenters. The quantitative estimate of drug-likeness (QED) is 0.739.